The van der Waals surface area contributed by atoms with Crippen LogP contribution in [0.25, 0.3) is 0 Å². The Labute approximate surface area is 86.2 Å². The highest BCUT2D eigenvalue weighted by Gasteiger charge is 2.18. The second-order valence-corrected chi connectivity index (χ2v) is 5.64. The number of halogens is 2. The summed E-state index contributed by atoms with van der Waals surface area (Å²) in [5.41, 5.74) is 0. The lowest BCUT2D eigenvalue weighted by atomic mass is 10.3. The number of hydrogen-bond donors (Lipinski definition) is 0. The van der Waals surface area contributed by atoms with Crippen LogP contribution in [0.4, 0.5) is 0 Å². The lowest BCUT2D eigenvalue weighted by molar-refractivity contribution is 0.607. The van der Waals surface area contributed by atoms with Crippen LogP contribution in [0.2, 0.25) is 0 Å². The topological polar surface area (TPSA) is 46.5 Å². The van der Waals surface area contributed by atoms with Crippen molar-refractivity contribution in [3.8, 4) is 0 Å². The van der Waals surface area contributed by atoms with E-state index in [1.165, 1.54) is 18.4 Å². The molecule has 6 heteroatoms. The second-order valence-electron chi connectivity index (χ2n) is 2.41. The van der Waals surface area contributed by atoms with Gasteiger partial charge < -0.3 is 0 Å². The monoisotopic (exact) mass is 239 g/mol. The van der Waals surface area contributed by atoms with Gasteiger partial charge in [-0.3, -0.25) is 4.99 Å². The van der Waals surface area contributed by atoms with Crippen LogP contribution in [-0.2, 0) is 9.05 Å². The molecule has 72 valence electrons. The fraction of sp³-hybridized carbons (Fsp3) is 0.286. The van der Waals surface area contributed by atoms with Crippen molar-refractivity contribution in [3.63, 3.8) is 0 Å². The maximum absolute atomic E-state index is 11.0. The summed E-state index contributed by atoms with van der Waals surface area (Å²) in [5, 5.41) is -0.591. The summed E-state index contributed by atoms with van der Waals surface area (Å²) in [6.07, 6.45) is 5.82. The zero-order valence-corrected chi connectivity index (χ0v) is 8.85. The Morgan fingerprint density at radius 2 is 2.23 bits per heavy atom. The fourth-order valence-electron chi connectivity index (χ4n) is 0.826. The molecular weight excluding hydrogens is 233 g/mol. The van der Waals surface area contributed by atoms with E-state index in [0.29, 0.717) is 6.54 Å². The molecule has 3 nitrogen and oxygen atoms in total. The summed E-state index contributed by atoms with van der Waals surface area (Å²) in [7, 11) is 1.54. The Morgan fingerprint density at radius 3 is 2.85 bits per heavy atom. The van der Waals surface area contributed by atoms with Gasteiger partial charge in [-0.05, 0) is 6.08 Å². The molecule has 0 aromatic rings. The Kier molecular flexibility index (Phi) is 3.53. The Bertz CT molecular complexity index is 370. The minimum Gasteiger partial charge on any atom is -0.288 e. The van der Waals surface area contributed by atoms with Gasteiger partial charge in [-0.15, -0.1) is 0 Å². The first kappa shape index (κ1) is 10.8. The van der Waals surface area contributed by atoms with Crippen LogP contribution in [0.15, 0.2) is 28.3 Å². The summed E-state index contributed by atoms with van der Waals surface area (Å²) >= 11 is 5.65. The van der Waals surface area contributed by atoms with Gasteiger partial charge in [0, 0.05) is 16.9 Å². The second kappa shape index (κ2) is 4.26. The summed E-state index contributed by atoms with van der Waals surface area (Å²) < 4.78 is 21.9. The lowest BCUT2D eigenvalue weighted by Crippen LogP contribution is -2.11. The molecule has 0 aliphatic carbocycles. The summed E-state index contributed by atoms with van der Waals surface area (Å²) in [4.78, 5) is 3.88. The van der Waals surface area contributed by atoms with Crippen LogP contribution < -0.4 is 0 Å². The molecule has 0 bridgehead atoms. The van der Waals surface area contributed by atoms with E-state index in [-0.39, 0.29) is 5.03 Å². The van der Waals surface area contributed by atoms with E-state index < -0.39 is 14.3 Å². The molecule has 1 heterocycles. The average Bonchev–Trinajstić information content (AvgIpc) is 1.94. The van der Waals surface area contributed by atoms with Crippen LogP contribution >= 0.6 is 22.3 Å². The van der Waals surface area contributed by atoms with Gasteiger partial charge in [0.05, 0.1) is 11.6 Å². The maximum atomic E-state index is 11.0. The van der Waals surface area contributed by atoms with E-state index in [9.17, 15) is 8.42 Å². The molecule has 1 rings (SSSR count). The van der Waals surface area contributed by atoms with Crippen molar-refractivity contribution < 1.29 is 8.42 Å². The number of hydrogen-bond acceptors (Lipinski definition) is 3. The lowest BCUT2D eigenvalue weighted by Gasteiger charge is -2.04. The van der Waals surface area contributed by atoms with Gasteiger partial charge in [-0.2, -0.15) is 0 Å². The van der Waals surface area contributed by atoms with Gasteiger partial charge in [0.2, 0.25) is 9.05 Å². The first-order valence-electron chi connectivity index (χ1n) is 3.47. The van der Waals surface area contributed by atoms with Gasteiger partial charge in [-0.25, -0.2) is 8.42 Å². The van der Waals surface area contributed by atoms with Crippen molar-refractivity contribution in [1.29, 1.82) is 0 Å². The van der Waals surface area contributed by atoms with E-state index in [2.05, 4.69) is 4.99 Å². The van der Waals surface area contributed by atoms with Crippen LogP contribution in [0.3, 0.4) is 0 Å². The average molecular weight is 240 g/mol. The SMILES string of the molecule is O=S(=O)(Cl)C1C=CCN=CC(Cl)=C1. The van der Waals surface area contributed by atoms with E-state index in [1.807, 2.05) is 0 Å². The van der Waals surface area contributed by atoms with E-state index in [1.54, 1.807) is 6.08 Å². The molecule has 0 saturated heterocycles. The highest BCUT2D eigenvalue weighted by Crippen LogP contribution is 2.15. The molecule has 13 heavy (non-hydrogen) atoms. The first-order chi connectivity index (χ1) is 6.00. The smallest absolute Gasteiger partial charge is 0.242 e. The highest BCUT2D eigenvalue weighted by molar-refractivity contribution is 8.14. The van der Waals surface area contributed by atoms with Crippen molar-refractivity contribution >= 4 is 37.5 Å². The van der Waals surface area contributed by atoms with Gasteiger partial charge in [0.25, 0.3) is 0 Å². The van der Waals surface area contributed by atoms with E-state index in [0.717, 1.165) is 0 Å². The van der Waals surface area contributed by atoms with Crippen LogP contribution in [0.1, 0.15) is 0 Å². The largest absolute Gasteiger partial charge is 0.288 e. The van der Waals surface area contributed by atoms with Crippen molar-refractivity contribution in [3.05, 3.63) is 23.3 Å². The molecule has 0 saturated carbocycles. The van der Waals surface area contributed by atoms with Crippen LogP contribution in [-0.4, -0.2) is 26.4 Å². The molecule has 0 fully saturated rings. The molecule has 0 radical (unpaired) electrons. The predicted octanol–water partition coefficient (Wildman–Crippen LogP) is 1.69. The maximum Gasteiger partial charge on any atom is 0.242 e. The normalized spacial score (nSPS) is 23.5. The third kappa shape index (κ3) is 3.50. The summed E-state index contributed by atoms with van der Waals surface area (Å²) in [6, 6.07) is 0. The first-order valence-corrected chi connectivity index (χ1v) is 6.22. The van der Waals surface area contributed by atoms with E-state index >= 15 is 0 Å². The molecule has 0 spiro atoms. The third-order valence-electron chi connectivity index (χ3n) is 1.40. The summed E-state index contributed by atoms with van der Waals surface area (Å²) in [6.45, 7) is 0.410. The molecule has 1 atom stereocenters. The Morgan fingerprint density at radius 1 is 1.54 bits per heavy atom. The Hall–Kier alpha value is -0.320. The third-order valence-corrected chi connectivity index (χ3v) is 3.18. The molecule has 1 aliphatic heterocycles. The van der Waals surface area contributed by atoms with Crippen LogP contribution in [0.5, 0.6) is 0 Å². The number of allylic oxidation sites excluding steroid dienone is 1. The number of rotatable bonds is 1. The van der Waals surface area contributed by atoms with Crippen molar-refractivity contribution in [2.24, 2.45) is 4.99 Å². The highest BCUT2D eigenvalue weighted by atomic mass is 35.7. The van der Waals surface area contributed by atoms with Gasteiger partial charge in [0.15, 0.2) is 0 Å². The molecule has 0 N–H and O–H groups in total. The van der Waals surface area contributed by atoms with Gasteiger partial charge in [-0.1, -0.05) is 23.8 Å². The molecule has 1 aliphatic rings. The minimum absolute atomic E-state index is 0.276. The van der Waals surface area contributed by atoms with Crippen molar-refractivity contribution in [1.82, 2.24) is 0 Å². The van der Waals surface area contributed by atoms with E-state index in [4.69, 9.17) is 22.3 Å². The Balaban J connectivity index is 3.04. The molecular formula is C7H7Cl2NO2S. The number of nitrogens with zero attached hydrogens (tertiary/aromatic N) is 1. The fourth-order valence-corrected chi connectivity index (χ4v) is 2.05. The summed E-state index contributed by atoms with van der Waals surface area (Å²) in [5.74, 6) is 0. The minimum atomic E-state index is -3.64. The van der Waals surface area contributed by atoms with Crippen molar-refractivity contribution in [2.75, 3.05) is 6.54 Å². The van der Waals surface area contributed by atoms with Crippen LogP contribution in [0, 0.1) is 0 Å². The molecule has 1 unspecified atom stereocenters. The molecule has 0 aromatic carbocycles. The quantitative estimate of drug-likeness (QED) is 0.517. The zero-order chi connectivity index (χ0) is 9.90. The van der Waals surface area contributed by atoms with Gasteiger partial charge >= 0.3 is 0 Å². The predicted molar refractivity (Wildman–Crippen MR) is 55.0 cm³/mol. The molecule has 0 amide bonds. The van der Waals surface area contributed by atoms with Gasteiger partial charge in [0.1, 0.15) is 5.25 Å². The zero-order valence-electron chi connectivity index (χ0n) is 6.52. The van der Waals surface area contributed by atoms with Crippen molar-refractivity contribution in [2.45, 2.75) is 5.25 Å². The molecule has 0 aromatic heterocycles. The number of aliphatic imine (C=N–C) groups is 1. The standard InChI is InChI=1S/C7H7Cl2NO2S/c8-6-4-7(13(9,11)12)2-1-3-10-5-6/h1-2,4-5,7H,3H2.